The number of quaternary nitrogens is 1. The molecule has 1 aromatic heterocycles. The predicted molar refractivity (Wildman–Crippen MR) is 110 cm³/mol. The Morgan fingerprint density at radius 1 is 1.17 bits per heavy atom. The number of carbonyl (C=O) groups is 3. The predicted octanol–water partition coefficient (Wildman–Crippen LogP) is 1.60. The lowest BCUT2D eigenvalue weighted by molar-refractivity contribution is -0.899. The summed E-state index contributed by atoms with van der Waals surface area (Å²) in [6.45, 7) is 3.93. The van der Waals surface area contributed by atoms with Crippen LogP contribution in [0.5, 0.6) is 0 Å². The molecule has 3 rings (SSSR count). The summed E-state index contributed by atoms with van der Waals surface area (Å²) in [4.78, 5) is 39.4. The van der Waals surface area contributed by atoms with E-state index in [0.29, 0.717) is 23.7 Å². The van der Waals surface area contributed by atoms with Crippen LogP contribution in [0, 0.1) is 5.92 Å². The molecule has 7 nitrogen and oxygen atoms in total. The number of piperidine rings is 1. The number of aryl methyl sites for hydroxylation is 1. The molecule has 29 heavy (non-hydrogen) atoms. The molecule has 0 radical (unpaired) electrons. The average Bonchev–Trinajstić information content (AvgIpc) is 2.88. The summed E-state index contributed by atoms with van der Waals surface area (Å²) >= 11 is 1.51. The molecular weight excluding hydrogens is 392 g/mol. The maximum atomic E-state index is 12.7. The second-order valence-electron chi connectivity index (χ2n) is 7.78. The van der Waals surface area contributed by atoms with Crippen molar-refractivity contribution in [2.45, 2.75) is 51.9 Å². The van der Waals surface area contributed by atoms with E-state index in [1.165, 1.54) is 23.3 Å². The van der Waals surface area contributed by atoms with Crippen LogP contribution in [0.3, 0.4) is 0 Å². The van der Waals surface area contributed by atoms with E-state index in [9.17, 15) is 14.4 Å². The molecule has 1 amide bonds. The number of thiophene rings is 1. The van der Waals surface area contributed by atoms with E-state index < -0.39 is 0 Å². The number of nitrogens with one attached hydrogen (secondary N) is 2. The van der Waals surface area contributed by atoms with Crippen molar-refractivity contribution in [2.24, 2.45) is 5.92 Å². The summed E-state index contributed by atoms with van der Waals surface area (Å²) in [5.41, 5.74) is 1.57. The third-order valence-corrected chi connectivity index (χ3v) is 6.92. The third-order valence-electron chi connectivity index (χ3n) is 5.71. The van der Waals surface area contributed by atoms with Crippen LogP contribution in [-0.2, 0) is 31.9 Å². The molecular formula is C21H31N2O5S+. The fourth-order valence-corrected chi connectivity index (χ4v) is 5.61. The van der Waals surface area contributed by atoms with Gasteiger partial charge >= 0.3 is 11.9 Å². The van der Waals surface area contributed by atoms with Gasteiger partial charge in [0.05, 0.1) is 32.4 Å². The zero-order valence-corrected chi connectivity index (χ0v) is 18.1. The standard InChI is InChI=1S/C21H30N2O5S/c1-3-28-20(25)14-8-7-11-23(12-14)13-17(24)22-19-18(21(26)27-2)15-9-5-4-6-10-16(15)29-19/h14H,3-13H2,1-2H3,(H,22,24)/p+1/t14-/m0/s1. The van der Waals surface area contributed by atoms with Gasteiger partial charge in [-0.15, -0.1) is 11.3 Å². The highest BCUT2D eigenvalue weighted by atomic mass is 32.1. The van der Waals surface area contributed by atoms with E-state index in [0.717, 1.165) is 62.0 Å². The second-order valence-corrected chi connectivity index (χ2v) is 8.89. The SMILES string of the molecule is CCOC(=O)[C@H]1CCC[NH+](CC(=O)Nc2sc3c(c2C(=O)OC)CCCCC3)C1. The minimum absolute atomic E-state index is 0.133. The van der Waals surface area contributed by atoms with Crippen LogP contribution >= 0.6 is 11.3 Å². The molecule has 8 heteroatoms. The van der Waals surface area contributed by atoms with Gasteiger partial charge in [0.25, 0.3) is 5.91 Å². The minimum atomic E-state index is -0.382. The van der Waals surface area contributed by atoms with Crippen molar-refractivity contribution in [3.05, 3.63) is 16.0 Å². The number of fused-ring (bicyclic) bond motifs is 1. The molecule has 2 heterocycles. The lowest BCUT2D eigenvalue weighted by Gasteiger charge is -2.28. The second kappa shape index (κ2) is 10.2. The highest BCUT2D eigenvalue weighted by Crippen LogP contribution is 2.37. The van der Waals surface area contributed by atoms with Crippen LogP contribution in [0.4, 0.5) is 5.00 Å². The van der Waals surface area contributed by atoms with Crippen molar-refractivity contribution < 1.29 is 28.8 Å². The molecule has 1 aromatic rings. The van der Waals surface area contributed by atoms with Gasteiger partial charge in [0, 0.05) is 4.88 Å². The first-order chi connectivity index (χ1) is 14.0. The van der Waals surface area contributed by atoms with Crippen LogP contribution < -0.4 is 10.2 Å². The molecule has 1 unspecified atom stereocenters. The Kier molecular flexibility index (Phi) is 7.66. The lowest BCUT2D eigenvalue weighted by Crippen LogP contribution is -3.14. The Balaban J connectivity index is 1.67. The van der Waals surface area contributed by atoms with E-state index in [2.05, 4.69) is 5.32 Å². The number of hydrogen-bond acceptors (Lipinski definition) is 6. The lowest BCUT2D eigenvalue weighted by atomic mass is 9.98. The largest absolute Gasteiger partial charge is 0.466 e. The molecule has 1 aliphatic heterocycles. The van der Waals surface area contributed by atoms with Crippen LogP contribution in [0.1, 0.15) is 59.8 Å². The Bertz CT molecular complexity index is 760. The van der Waals surface area contributed by atoms with Gasteiger partial charge < -0.3 is 19.7 Å². The van der Waals surface area contributed by atoms with Crippen LogP contribution in [0.25, 0.3) is 0 Å². The van der Waals surface area contributed by atoms with E-state index in [1.807, 2.05) is 0 Å². The molecule has 0 spiro atoms. The highest BCUT2D eigenvalue weighted by Gasteiger charge is 2.32. The molecule has 0 saturated carbocycles. The quantitative estimate of drug-likeness (QED) is 0.536. The topological polar surface area (TPSA) is 86.1 Å². The normalized spacial score (nSPS) is 21.6. The fraction of sp³-hybridized carbons (Fsp3) is 0.667. The Labute approximate surface area is 175 Å². The number of esters is 2. The van der Waals surface area contributed by atoms with Crippen molar-refractivity contribution in [1.82, 2.24) is 0 Å². The smallest absolute Gasteiger partial charge is 0.341 e. The number of ether oxygens (including phenoxy) is 2. The first-order valence-electron chi connectivity index (χ1n) is 10.6. The zero-order chi connectivity index (χ0) is 20.8. The maximum absolute atomic E-state index is 12.7. The molecule has 1 aliphatic carbocycles. The number of amides is 1. The number of carbonyl (C=O) groups excluding carboxylic acids is 3. The van der Waals surface area contributed by atoms with E-state index in [1.54, 1.807) is 6.92 Å². The van der Waals surface area contributed by atoms with Gasteiger partial charge in [0.1, 0.15) is 10.9 Å². The average molecular weight is 424 g/mol. The first kappa shape index (κ1) is 21.8. The molecule has 2 aliphatic rings. The zero-order valence-electron chi connectivity index (χ0n) is 17.3. The molecule has 2 N–H and O–H groups in total. The fourth-order valence-electron chi connectivity index (χ4n) is 4.32. The molecule has 160 valence electrons. The number of rotatable bonds is 6. The number of anilines is 1. The van der Waals surface area contributed by atoms with E-state index in [4.69, 9.17) is 9.47 Å². The number of methoxy groups -OCH3 is 1. The van der Waals surface area contributed by atoms with Gasteiger partial charge in [-0.3, -0.25) is 9.59 Å². The Morgan fingerprint density at radius 2 is 1.97 bits per heavy atom. The maximum Gasteiger partial charge on any atom is 0.341 e. The van der Waals surface area contributed by atoms with Crippen molar-refractivity contribution >= 4 is 34.2 Å². The summed E-state index contributed by atoms with van der Waals surface area (Å²) in [6, 6.07) is 0. The van der Waals surface area contributed by atoms with Crippen molar-refractivity contribution in [3.8, 4) is 0 Å². The van der Waals surface area contributed by atoms with Crippen LogP contribution in [0.2, 0.25) is 0 Å². The summed E-state index contributed by atoms with van der Waals surface area (Å²) in [6.07, 6.45) is 6.82. The van der Waals surface area contributed by atoms with Gasteiger partial charge in [-0.2, -0.15) is 0 Å². The third kappa shape index (κ3) is 5.36. The van der Waals surface area contributed by atoms with Gasteiger partial charge in [-0.25, -0.2) is 4.79 Å². The van der Waals surface area contributed by atoms with E-state index in [-0.39, 0.29) is 30.3 Å². The molecule has 0 bridgehead atoms. The van der Waals surface area contributed by atoms with E-state index >= 15 is 0 Å². The van der Waals surface area contributed by atoms with Gasteiger partial charge in [-0.1, -0.05) is 6.42 Å². The van der Waals surface area contributed by atoms with Crippen LogP contribution in [0.15, 0.2) is 0 Å². The molecule has 1 saturated heterocycles. The summed E-state index contributed by atoms with van der Waals surface area (Å²) in [5.74, 6) is -0.825. The van der Waals surface area contributed by atoms with Crippen LogP contribution in [-0.4, -0.2) is 51.2 Å². The monoisotopic (exact) mass is 423 g/mol. The Morgan fingerprint density at radius 3 is 2.72 bits per heavy atom. The molecule has 0 aromatic carbocycles. The molecule has 2 atom stereocenters. The van der Waals surface area contributed by atoms with Gasteiger partial charge in [0.15, 0.2) is 6.54 Å². The summed E-state index contributed by atoms with van der Waals surface area (Å²) in [5, 5.41) is 3.57. The number of likely N-dealkylation sites (tertiary alicyclic amines) is 1. The van der Waals surface area contributed by atoms with Crippen molar-refractivity contribution in [1.29, 1.82) is 0 Å². The van der Waals surface area contributed by atoms with Crippen molar-refractivity contribution in [2.75, 3.05) is 38.7 Å². The first-order valence-corrected chi connectivity index (χ1v) is 11.4. The van der Waals surface area contributed by atoms with Gasteiger partial charge in [-0.05, 0) is 51.0 Å². The van der Waals surface area contributed by atoms with Crippen molar-refractivity contribution in [3.63, 3.8) is 0 Å². The summed E-state index contributed by atoms with van der Waals surface area (Å²) < 4.78 is 10.1. The minimum Gasteiger partial charge on any atom is -0.466 e. The highest BCUT2D eigenvalue weighted by molar-refractivity contribution is 7.17. The summed E-state index contributed by atoms with van der Waals surface area (Å²) in [7, 11) is 1.38. The Hall–Kier alpha value is -1.93. The molecule has 1 fully saturated rings. The number of hydrogen-bond donors (Lipinski definition) is 2. The van der Waals surface area contributed by atoms with Gasteiger partial charge in [0.2, 0.25) is 0 Å².